The van der Waals surface area contributed by atoms with E-state index in [2.05, 4.69) is 10.1 Å². The number of halogens is 3. The second-order valence-electron chi connectivity index (χ2n) is 6.96. The monoisotopic (exact) mass is 419 g/mol. The van der Waals surface area contributed by atoms with E-state index in [1.807, 2.05) is 12.2 Å². The first-order chi connectivity index (χ1) is 14.0. The van der Waals surface area contributed by atoms with Crippen LogP contribution in [0, 0.1) is 6.92 Å². The van der Waals surface area contributed by atoms with Crippen LogP contribution in [0.1, 0.15) is 32.0 Å². The fourth-order valence-electron chi connectivity index (χ4n) is 3.03. The van der Waals surface area contributed by atoms with E-state index in [4.69, 9.17) is 0 Å². The molecule has 30 heavy (non-hydrogen) atoms. The number of rotatable bonds is 5. The summed E-state index contributed by atoms with van der Waals surface area (Å²) in [6.45, 7) is 0.710. The lowest BCUT2D eigenvalue weighted by Gasteiger charge is -2.17. The number of carbonyl (C=O) groups excluding carboxylic acids is 2. The molecule has 0 aliphatic carbocycles. The molecule has 0 spiro atoms. The summed E-state index contributed by atoms with van der Waals surface area (Å²) in [6.07, 6.45) is -2.97. The molecule has 1 aromatic carbocycles. The topological polar surface area (TPSA) is 80.1 Å². The van der Waals surface area contributed by atoms with Gasteiger partial charge in [-0.1, -0.05) is 12.1 Å². The van der Waals surface area contributed by atoms with Crippen LogP contribution < -0.4 is 5.32 Å². The number of hydrogen-bond acceptors (Lipinski definition) is 4. The predicted molar refractivity (Wildman–Crippen MR) is 104 cm³/mol. The molecule has 2 heterocycles. The lowest BCUT2D eigenvalue weighted by Crippen LogP contribution is -2.33. The lowest BCUT2D eigenvalue weighted by molar-refractivity contribution is -0.123. The first kappa shape index (κ1) is 21.3. The number of aromatic nitrogens is 3. The molecule has 0 aliphatic rings. The first-order valence-corrected chi connectivity index (χ1v) is 9.04. The first-order valence-electron chi connectivity index (χ1n) is 9.04. The maximum Gasteiger partial charge on any atom is 0.405 e. The van der Waals surface area contributed by atoms with E-state index >= 15 is 0 Å². The highest BCUT2D eigenvalue weighted by Crippen LogP contribution is 2.18. The molecule has 7 nitrogen and oxygen atoms in total. The molecule has 2 aromatic heterocycles. The van der Waals surface area contributed by atoms with E-state index < -0.39 is 18.6 Å². The van der Waals surface area contributed by atoms with Crippen LogP contribution in [0.5, 0.6) is 0 Å². The highest BCUT2D eigenvalue weighted by atomic mass is 19.4. The van der Waals surface area contributed by atoms with Crippen molar-refractivity contribution >= 4 is 22.8 Å². The Morgan fingerprint density at radius 1 is 1.17 bits per heavy atom. The number of amides is 2. The summed E-state index contributed by atoms with van der Waals surface area (Å²) in [6, 6.07) is 7.79. The zero-order chi connectivity index (χ0) is 22.1. The molecular weight excluding hydrogens is 399 g/mol. The molecule has 0 saturated heterocycles. The third kappa shape index (κ3) is 4.76. The Labute approximate surface area is 170 Å². The zero-order valence-corrected chi connectivity index (χ0v) is 16.6. The van der Waals surface area contributed by atoms with Gasteiger partial charge in [-0.3, -0.25) is 14.3 Å². The number of nitrogens with one attached hydrogen (secondary N) is 1. The molecule has 0 aliphatic heterocycles. The Balaban J connectivity index is 1.67. The minimum Gasteiger partial charge on any atom is -0.343 e. The fourth-order valence-corrected chi connectivity index (χ4v) is 3.03. The number of carbonyl (C=O) groups is 2. The number of fused-ring (bicyclic) bond motifs is 1. The van der Waals surface area contributed by atoms with Crippen LogP contribution >= 0.6 is 0 Å². The fraction of sp³-hybridized carbons (Fsp3) is 0.300. The van der Waals surface area contributed by atoms with E-state index in [-0.39, 0.29) is 18.0 Å². The Hall–Kier alpha value is -3.43. The molecule has 0 fully saturated rings. The molecule has 3 aromatic rings. The van der Waals surface area contributed by atoms with Crippen molar-refractivity contribution in [2.24, 2.45) is 7.05 Å². The zero-order valence-electron chi connectivity index (χ0n) is 16.6. The molecule has 2 amide bonds. The molecule has 0 radical (unpaired) electrons. The van der Waals surface area contributed by atoms with Crippen molar-refractivity contribution in [3.8, 4) is 0 Å². The third-order valence-corrected chi connectivity index (χ3v) is 4.54. The molecule has 158 valence electrons. The van der Waals surface area contributed by atoms with Gasteiger partial charge in [0.25, 0.3) is 11.8 Å². The Kier molecular flexibility index (Phi) is 5.77. The Bertz CT molecular complexity index is 1090. The van der Waals surface area contributed by atoms with Gasteiger partial charge < -0.3 is 10.2 Å². The largest absolute Gasteiger partial charge is 0.405 e. The van der Waals surface area contributed by atoms with Gasteiger partial charge in [-0.05, 0) is 30.7 Å². The van der Waals surface area contributed by atoms with Crippen LogP contribution in [0.2, 0.25) is 0 Å². The SMILES string of the molecule is Cc1nn(C)c2ncc(C(=O)N(C)Cc3ccc(C(=O)NCC(F)(F)F)cc3)cc12. The van der Waals surface area contributed by atoms with Crippen LogP contribution in [-0.2, 0) is 13.6 Å². The van der Waals surface area contributed by atoms with Gasteiger partial charge in [-0.2, -0.15) is 18.3 Å². The number of alkyl halides is 3. The molecule has 0 unspecified atom stereocenters. The van der Waals surface area contributed by atoms with E-state index in [0.717, 1.165) is 16.6 Å². The average Bonchev–Trinajstić information content (AvgIpc) is 2.98. The number of aryl methyl sites for hydroxylation is 2. The van der Waals surface area contributed by atoms with Crippen molar-refractivity contribution in [2.75, 3.05) is 13.6 Å². The van der Waals surface area contributed by atoms with Gasteiger partial charge in [0.05, 0.1) is 11.3 Å². The number of benzene rings is 1. The average molecular weight is 419 g/mol. The van der Waals surface area contributed by atoms with Gasteiger partial charge in [-0.15, -0.1) is 0 Å². The Morgan fingerprint density at radius 3 is 2.47 bits per heavy atom. The third-order valence-electron chi connectivity index (χ3n) is 4.54. The summed E-state index contributed by atoms with van der Waals surface area (Å²) >= 11 is 0. The minimum absolute atomic E-state index is 0.110. The normalized spacial score (nSPS) is 11.5. The molecule has 0 atom stereocenters. The summed E-state index contributed by atoms with van der Waals surface area (Å²) in [5.41, 5.74) is 2.72. The summed E-state index contributed by atoms with van der Waals surface area (Å²) in [5.74, 6) is -1.05. The van der Waals surface area contributed by atoms with E-state index in [0.29, 0.717) is 11.2 Å². The van der Waals surface area contributed by atoms with Crippen molar-refractivity contribution in [2.45, 2.75) is 19.6 Å². The molecular formula is C20H20F3N5O2. The van der Waals surface area contributed by atoms with Crippen LogP contribution in [0.4, 0.5) is 13.2 Å². The van der Waals surface area contributed by atoms with Crippen LogP contribution in [0.15, 0.2) is 36.5 Å². The van der Waals surface area contributed by atoms with Gasteiger partial charge in [0.2, 0.25) is 0 Å². The van der Waals surface area contributed by atoms with E-state index in [1.165, 1.54) is 23.2 Å². The van der Waals surface area contributed by atoms with Crippen molar-refractivity contribution in [3.63, 3.8) is 0 Å². The summed E-state index contributed by atoms with van der Waals surface area (Å²) in [5, 5.41) is 6.90. The highest BCUT2D eigenvalue weighted by Gasteiger charge is 2.27. The van der Waals surface area contributed by atoms with Gasteiger partial charge in [0.15, 0.2) is 5.65 Å². The van der Waals surface area contributed by atoms with Gasteiger partial charge in [0, 0.05) is 37.8 Å². The molecule has 10 heteroatoms. The summed E-state index contributed by atoms with van der Waals surface area (Å²) in [7, 11) is 3.41. The molecule has 1 N–H and O–H groups in total. The molecule has 0 saturated carbocycles. The van der Waals surface area contributed by atoms with Gasteiger partial charge >= 0.3 is 6.18 Å². The second-order valence-corrected chi connectivity index (χ2v) is 6.96. The van der Waals surface area contributed by atoms with Crippen LogP contribution in [0.3, 0.4) is 0 Å². The highest BCUT2D eigenvalue weighted by molar-refractivity contribution is 5.97. The van der Waals surface area contributed by atoms with E-state index in [1.54, 1.807) is 37.0 Å². The van der Waals surface area contributed by atoms with Crippen LogP contribution in [-0.4, -0.2) is 51.2 Å². The smallest absolute Gasteiger partial charge is 0.343 e. The van der Waals surface area contributed by atoms with Gasteiger partial charge in [0.1, 0.15) is 6.54 Å². The Morgan fingerprint density at radius 2 is 1.83 bits per heavy atom. The van der Waals surface area contributed by atoms with Crippen molar-refractivity contribution in [1.82, 2.24) is 25.0 Å². The minimum atomic E-state index is -4.47. The van der Waals surface area contributed by atoms with Gasteiger partial charge in [-0.25, -0.2) is 4.98 Å². The van der Waals surface area contributed by atoms with Crippen molar-refractivity contribution in [1.29, 1.82) is 0 Å². The maximum absolute atomic E-state index is 12.8. The van der Waals surface area contributed by atoms with Crippen molar-refractivity contribution < 1.29 is 22.8 Å². The number of hydrogen-bond donors (Lipinski definition) is 1. The predicted octanol–water partition coefficient (Wildman–Crippen LogP) is 2.84. The van der Waals surface area contributed by atoms with E-state index in [9.17, 15) is 22.8 Å². The number of nitrogens with zero attached hydrogens (tertiary/aromatic N) is 4. The molecule has 3 rings (SSSR count). The standard InChI is InChI=1S/C20H20F3N5O2/c1-12-16-8-15(9-24-17(16)28(3)26-12)19(30)27(2)10-13-4-6-14(7-5-13)18(29)25-11-20(21,22)23/h4-9H,10-11H2,1-3H3,(H,25,29). The summed E-state index contributed by atoms with van der Waals surface area (Å²) < 4.78 is 38.3. The summed E-state index contributed by atoms with van der Waals surface area (Å²) in [4.78, 5) is 30.3. The van der Waals surface area contributed by atoms with Crippen LogP contribution in [0.25, 0.3) is 11.0 Å². The quantitative estimate of drug-likeness (QED) is 0.690. The maximum atomic E-state index is 12.8. The second kappa shape index (κ2) is 8.13. The number of pyridine rings is 1. The molecule has 0 bridgehead atoms. The van der Waals surface area contributed by atoms with Crippen molar-refractivity contribution in [3.05, 3.63) is 58.9 Å². The lowest BCUT2D eigenvalue weighted by atomic mass is 10.1.